The fraction of sp³-hybridized carbons (Fsp3) is 0.350. The molecule has 3 heterocycles. The Balaban J connectivity index is 1.68. The minimum atomic E-state index is 0.0523. The summed E-state index contributed by atoms with van der Waals surface area (Å²) in [6.45, 7) is 4.23. The topological polar surface area (TPSA) is 59.2 Å². The molecule has 1 saturated heterocycles. The molecule has 0 radical (unpaired) electrons. The van der Waals surface area contributed by atoms with E-state index in [1.807, 2.05) is 17.0 Å². The van der Waals surface area contributed by atoms with E-state index < -0.39 is 0 Å². The van der Waals surface area contributed by atoms with Crippen molar-refractivity contribution in [3.8, 4) is 11.5 Å². The molecule has 26 heavy (non-hydrogen) atoms. The highest BCUT2D eigenvalue weighted by atomic mass is 35.5. The van der Waals surface area contributed by atoms with Crippen LogP contribution in [0.3, 0.4) is 0 Å². The Morgan fingerprint density at radius 1 is 1.19 bits per heavy atom. The van der Waals surface area contributed by atoms with Crippen molar-refractivity contribution < 1.29 is 9.21 Å². The summed E-state index contributed by atoms with van der Waals surface area (Å²) >= 11 is 5.94. The number of aromatic nitrogens is 2. The van der Waals surface area contributed by atoms with Gasteiger partial charge in [0, 0.05) is 29.4 Å². The van der Waals surface area contributed by atoms with Crippen molar-refractivity contribution in [1.82, 2.24) is 14.9 Å². The number of carbonyl (C=O) groups excluding carboxylic acids is 1. The summed E-state index contributed by atoms with van der Waals surface area (Å²) in [6.07, 6.45) is 4.88. The lowest BCUT2D eigenvalue weighted by Gasteiger charge is -2.39. The number of benzene rings is 1. The Morgan fingerprint density at radius 3 is 2.69 bits per heavy atom. The zero-order valence-corrected chi connectivity index (χ0v) is 15.5. The number of oxazole rings is 1. The third kappa shape index (κ3) is 3.07. The summed E-state index contributed by atoms with van der Waals surface area (Å²) in [4.78, 5) is 23.5. The quantitative estimate of drug-likeness (QED) is 0.600. The number of hydrogen-bond donors (Lipinski definition) is 0. The van der Waals surface area contributed by atoms with E-state index >= 15 is 0 Å². The number of nitrogens with zero attached hydrogens (tertiary/aromatic N) is 3. The van der Waals surface area contributed by atoms with Crippen LogP contribution in [-0.4, -0.2) is 32.9 Å². The highest BCUT2D eigenvalue weighted by molar-refractivity contribution is 6.29. The van der Waals surface area contributed by atoms with Gasteiger partial charge in [-0.1, -0.05) is 11.6 Å². The zero-order valence-electron chi connectivity index (χ0n) is 14.8. The zero-order chi connectivity index (χ0) is 18.3. The fourth-order valence-corrected chi connectivity index (χ4v) is 3.86. The predicted octanol–water partition coefficient (Wildman–Crippen LogP) is 4.95. The molecular weight excluding hydrogens is 350 g/mol. The van der Waals surface area contributed by atoms with Gasteiger partial charge in [-0.15, -0.1) is 0 Å². The van der Waals surface area contributed by atoms with E-state index in [0.29, 0.717) is 27.7 Å². The highest BCUT2D eigenvalue weighted by Crippen LogP contribution is 2.28. The SMILES string of the molecule is CC1CCCC(C)N1C(=O)c1ccc2nc(-c3ccnc(Cl)c3)oc2c1. The van der Waals surface area contributed by atoms with Gasteiger partial charge in [-0.05, 0) is 63.4 Å². The second kappa shape index (κ2) is 6.72. The summed E-state index contributed by atoms with van der Waals surface area (Å²) in [6, 6.07) is 9.44. The van der Waals surface area contributed by atoms with Crippen LogP contribution in [0.1, 0.15) is 43.5 Å². The normalized spacial score (nSPS) is 20.5. The van der Waals surface area contributed by atoms with Gasteiger partial charge in [-0.2, -0.15) is 0 Å². The van der Waals surface area contributed by atoms with Crippen molar-refractivity contribution in [2.45, 2.75) is 45.2 Å². The summed E-state index contributed by atoms with van der Waals surface area (Å²) in [5, 5.41) is 0.383. The molecule has 0 bridgehead atoms. The van der Waals surface area contributed by atoms with Crippen molar-refractivity contribution in [1.29, 1.82) is 0 Å². The van der Waals surface area contributed by atoms with Crippen LogP contribution in [0.2, 0.25) is 5.15 Å². The first kappa shape index (κ1) is 17.0. The van der Waals surface area contributed by atoms with E-state index in [4.69, 9.17) is 16.0 Å². The van der Waals surface area contributed by atoms with Crippen LogP contribution in [0.5, 0.6) is 0 Å². The van der Waals surface area contributed by atoms with Gasteiger partial charge in [0.2, 0.25) is 5.89 Å². The Bertz CT molecular complexity index is 959. The van der Waals surface area contributed by atoms with E-state index in [0.717, 1.165) is 18.4 Å². The van der Waals surface area contributed by atoms with E-state index in [9.17, 15) is 4.79 Å². The molecule has 2 unspecified atom stereocenters. The number of likely N-dealkylation sites (tertiary alicyclic amines) is 1. The Hall–Kier alpha value is -2.40. The van der Waals surface area contributed by atoms with Crippen LogP contribution >= 0.6 is 11.6 Å². The molecule has 1 aliphatic heterocycles. The Morgan fingerprint density at radius 2 is 1.96 bits per heavy atom. The molecule has 0 N–H and O–H groups in total. The Kier molecular flexibility index (Phi) is 4.41. The van der Waals surface area contributed by atoms with Gasteiger partial charge in [0.25, 0.3) is 5.91 Å². The molecule has 0 saturated carbocycles. The first-order chi connectivity index (χ1) is 12.5. The molecule has 4 rings (SSSR count). The molecule has 3 aromatic rings. The largest absolute Gasteiger partial charge is 0.436 e. The third-order valence-electron chi connectivity index (χ3n) is 5.04. The van der Waals surface area contributed by atoms with Crippen LogP contribution in [0.25, 0.3) is 22.6 Å². The number of pyridine rings is 1. The molecule has 0 aliphatic carbocycles. The second-order valence-electron chi connectivity index (χ2n) is 6.91. The molecule has 1 amide bonds. The van der Waals surface area contributed by atoms with Crippen molar-refractivity contribution in [3.05, 3.63) is 47.2 Å². The maximum absolute atomic E-state index is 13.0. The molecule has 2 aromatic heterocycles. The number of fused-ring (bicyclic) bond motifs is 1. The lowest BCUT2D eigenvalue weighted by atomic mass is 9.96. The van der Waals surface area contributed by atoms with Crippen molar-refractivity contribution in [3.63, 3.8) is 0 Å². The van der Waals surface area contributed by atoms with Gasteiger partial charge in [0.1, 0.15) is 10.7 Å². The maximum atomic E-state index is 13.0. The number of halogens is 1. The Labute approximate surface area is 157 Å². The first-order valence-corrected chi connectivity index (χ1v) is 9.26. The molecule has 1 aliphatic rings. The molecule has 134 valence electrons. The fourth-order valence-electron chi connectivity index (χ4n) is 3.69. The highest BCUT2D eigenvalue weighted by Gasteiger charge is 2.29. The molecule has 0 spiro atoms. The molecular formula is C20H20ClN3O2. The predicted molar refractivity (Wildman–Crippen MR) is 101 cm³/mol. The summed E-state index contributed by atoms with van der Waals surface area (Å²) < 4.78 is 5.87. The number of rotatable bonds is 2. The van der Waals surface area contributed by atoms with Crippen LogP contribution in [0, 0.1) is 0 Å². The van der Waals surface area contributed by atoms with Gasteiger partial charge in [0.05, 0.1) is 0 Å². The summed E-state index contributed by atoms with van der Waals surface area (Å²) in [5.74, 6) is 0.519. The van der Waals surface area contributed by atoms with E-state index in [1.165, 1.54) is 6.42 Å². The molecule has 1 aromatic carbocycles. The van der Waals surface area contributed by atoms with Gasteiger partial charge < -0.3 is 9.32 Å². The maximum Gasteiger partial charge on any atom is 0.254 e. The van der Waals surface area contributed by atoms with Crippen LogP contribution < -0.4 is 0 Å². The lowest BCUT2D eigenvalue weighted by molar-refractivity contribution is 0.0511. The van der Waals surface area contributed by atoms with Gasteiger partial charge >= 0.3 is 0 Å². The number of carbonyl (C=O) groups is 1. The minimum absolute atomic E-state index is 0.0523. The lowest BCUT2D eigenvalue weighted by Crippen LogP contribution is -2.47. The molecule has 2 atom stereocenters. The minimum Gasteiger partial charge on any atom is -0.436 e. The van der Waals surface area contributed by atoms with E-state index in [-0.39, 0.29) is 18.0 Å². The van der Waals surface area contributed by atoms with Crippen molar-refractivity contribution in [2.24, 2.45) is 0 Å². The third-order valence-corrected chi connectivity index (χ3v) is 5.24. The molecule has 1 fully saturated rings. The molecule has 5 nitrogen and oxygen atoms in total. The average Bonchev–Trinajstić information content (AvgIpc) is 3.04. The van der Waals surface area contributed by atoms with Crippen LogP contribution in [0.15, 0.2) is 40.9 Å². The van der Waals surface area contributed by atoms with E-state index in [1.54, 1.807) is 24.4 Å². The van der Waals surface area contributed by atoms with Crippen LogP contribution in [-0.2, 0) is 0 Å². The smallest absolute Gasteiger partial charge is 0.254 e. The number of amides is 1. The summed E-state index contributed by atoms with van der Waals surface area (Å²) in [7, 11) is 0. The first-order valence-electron chi connectivity index (χ1n) is 8.88. The monoisotopic (exact) mass is 369 g/mol. The number of hydrogen-bond acceptors (Lipinski definition) is 4. The number of piperidine rings is 1. The summed E-state index contributed by atoms with van der Waals surface area (Å²) in [5.41, 5.74) is 2.70. The average molecular weight is 370 g/mol. The van der Waals surface area contributed by atoms with Gasteiger partial charge in [0.15, 0.2) is 5.58 Å². The standard InChI is InChI=1S/C20H20ClN3O2/c1-12-4-3-5-13(2)24(12)20(25)15-6-7-16-17(10-15)26-19(23-16)14-8-9-22-18(21)11-14/h6-13H,3-5H2,1-2H3. The molecule has 6 heteroatoms. The van der Waals surface area contributed by atoms with Gasteiger partial charge in [-0.3, -0.25) is 4.79 Å². The van der Waals surface area contributed by atoms with Crippen molar-refractivity contribution >= 4 is 28.6 Å². The van der Waals surface area contributed by atoms with Crippen LogP contribution in [0.4, 0.5) is 0 Å². The van der Waals surface area contributed by atoms with Gasteiger partial charge in [-0.25, -0.2) is 9.97 Å². The van der Waals surface area contributed by atoms with Crippen molar-refractivity contribution in [2.75, 3.05) is 0 Å². The van der Waals surface area contributed by atoms with E-state index in [2.05, 4.69) is 23.8 Å². The second-order valence-corrected chi connectivity index (χ2v) is 7.30.